The van der Waals surface area contributed by atoms with Gasteiger partial charge in [-0.1, -0.05) is 17.8 Å². The summed E-state index contributed by atoms with van der Waals surface area (Å²) in [5, 5.41) is 4.53. The topological polar surface area (TPSA) is 28.2 Å². The molecular weight excluding hydrogens is 285 g/mol. The number of benzene rings is 1. The lowest BCUT2D eigenvalue weighted by molar-refractivity contribution is 0.0608. The van der Waals surface area contributed by atoms with Gasteiger partial charge in [-0.15, -0.1) is 0 Å². The van der Waals surface area contributed by atoms with Gasteiger partial charge in [-0.3, -0.25) is 0 Å². The molecule has 1 N–H and O–H groups in total. The van der Waals surface area contributed by atoms with Crippen LogP contribution in [0.4, 0.5) is 9.52 Å². The monoisotopic (exact) mass is 305 g/mol. The summed E-state index contributed by atoms with van der Waals surface area (Å²) >= 11 is 1.63. The van der Waals surface area contributed by atoms with Crippen LogP contribution in [0.2, 0.25) is 0 Å². The van der Waals surface area contributed by atoms with E-state index in [1.165, 1.54) is 44.2 Å². The molecule has 0 saturated carbocycles. The summed E-state index contributed by atoms with van der Waals surface area (Å²) in [4.78, 5) is 7.10. The van der Waals surface area contributed by atoms with Gasteiger partial charge in [0, 0.05) is 24.2 Å². The van der Waals surface area contributed by atoms with Gasteiger partial charge in [0.05, 0.1) is 10.2 Å². The first-order chi connectivity index (χ1) is 10.2. The number of piperidine rings is 2. The molecule has 2 aromatic rings. The second kappa shape index (κ2) is 5.21. The molecule has 0 aliphatic carbocycles. The quantitative estimate of drug-likeness (QED) is 0.913. The van der Waals surface area contributed by atoms with Crippen molar-refractivity contribution < 1.29 is 4.39 Å². The number of nitrogens with zero attached hydrogens (tertiary/aromatic N) is 2. The van der Waals surface area contributed by atoms with Gasteiger partial charge in [0.2, 0.25) is 0 Å². The highest BCUT2D eigenvalue weighted by atomic mass is 32.1. The fraction of sp³-hybridized carbons (Fsp3) is 0.562. The number of rotatable bonds is 2. The molecule has 0 amide bonds. The van der Waals surface area contributed by atoms with Gasteiger partial charge in [0.15, 0.2) is 5.13 Å². The van der Waals surface area contributed by atoms with E-state index in [-0.39, 0.29) is 5.82 Å². The molecule has 2 aliphatic rings. The standard InChI is InChI=1S/C16H20FN3S/c1-20-12-3-2-4-13(20)9-11(8-12)18-16-19-14-7-10(17)5-6-15(14)21-16/h5-7,11-13H,2-4,8-9H2,1H3,(H,18,19). The van der Waals surface area contributed by atoms with Crippen molar-refractivity contribution in [1.29, 1.82) is 0 Å². The van der Waals surface area contributed by atoms with Crippen LogP contribution in [0.5, 0.6) is 0 Å². The molecule has 1 aromatic heterocycles. The van der Waals surface area contributed by atoms with Gasteiger partial charge in [0.25, 0.3) is 0 Å². The Balaban J connectivity index is 1.52. The highest BCUT2D eigenvalue weighted by Gasteiger charge is 2.36. The summed E-state index contributed by atoms with van der Waals surface area (Å²) in [6.45, 7) is 0. The lowest BCUT2D eigenvalue weighted by Gasteiger charge is -2.47. The SMILES string of the molecule is CN1C2CCCC1CC(Nc1nc3cc(F)ccc3s1)C2. The molecule has 0 radical (unpaired) electrons. The number of halogens is 1. The van der Waals surface area contributed by atoms with Crippen LogP contribution in [0.3, 0.4) is 0 Å². The lowest BCUT2D eigenvalue weighted by atomic mass is 9.82. The Bertz CT molecular complexity index is 642. The average Bonchev–Trinajstić information content (AvgIpc) is 2.81. The molecule has 21 heavy (non-hydrogen) atoms. The molecule has 5 heteroatoms. The van der Waals surface area contributed by atoms with E-state index in [0.717, 1.165) is 15.3 Å². The molecule has 2 fully saturated rings. The number of anilines is 1. The molecule has 0 spiro atoms. The summed E-state index contributed by atoms with van der Waals surface area (Å²) in [6, 6.07) is 6.76. The molecule has 2 bridgehead atoms. The second-order valence-electron chi connectivity index (χ2n) is 6.35. The lowest BCUT2D eigenvalue weighted by Crippen LogP contribution is -2.52. The Morgan fingerprint density at radius 1 is 1.29 bits per heavy atom. The molecule has 2 atom stereocenters. The van der Waals surface area contributed by atoms with Crippen molar-refractivity contribution in [2.75, 3.05) is 12.4 Å². The predicted octanol–water partition coefficient (Wildman–Crippen LogP) is 3.86. The van der Waals surface area contributed by atoms with Crippen molar-refractivity contribution in [3.05, 3.63) is 24.0 Å². The average molecular weight is 305 g/mol. The van der Waals surface area contributed by atoms with Crippen LogP contribution in [0, 0.1) is 5.82 Å². The summed E-state index contributed by atoms with van der Waals surface area (Å²) in [6.07, 6.45) is 6.38. The molecule has 2 saturated heterocycles. The first-order valence-corrected chi connectivity index (χ1v) is 8.55. The van der Waals surface area contributed by atoms with Crippen molar-refractivity contribution in [3.8, 4) is 0 Å². The van der Waals surface area contributed by atoms with Crippen LogP contribution < -0.4 is 5.32 Å². The van der Waals surface area contributed by atoms with E-state index in [2.05, 4.69) is 22.2 Å². The van der Waals surface area contributed by atoms with Crippen LogP contribution in [-0.4, -0.2) is 35.1 Å². The Hall–Kier alpha value is -1.20. The van der Waals surface area contributed by atoms with Crippen molar-refractivity contribution in [3.63, 3.8) is 0 Å². The summed E-state index contributed by atoms with van der Waals surface area (Å²) in [7, 11) is 2.27. The molecule has 2 unspecified atom stereocenters. The predicted molar refractivity (Wildman–Crippen MR) is 85.4 cm³/mol. The number of thiazole rings is 1. The maximum absolute atomic E-state index is 13.2. The number of hydrogen-bond acceptors (Lipinski definition) is 4. The third-order valence-corrected chi connectivity index (χ3v) is 5.98. The smallest absolute Gasteiger partial charge is 0.184 e. The Kier molecular flexibility index (Phi) is 3.34. The minimum atomic E-state index is -0.215. The summed E-state index contributed by atoms with van der Waals surface area (Å²) in [5.41, 5.74) is 0.760. The van der Waals surface area contributed by atoms with Gasteiger partial charge in [-0.05, 0) is 44.9 Å². The number of nitrogens with one attached hydrogen (secondary N) is 1. The van der Waals surface area contributed by atoms with Gasteiger partial charge >= 0.3 is 0 Å². The molecule has 4 rings (SSSR count). The molecule has 2 aliphatic heterocycles. The zero-order valence-corrected chi connectivity index (χ0v) is 13.0. The van der Waals surface area contributed by atoms with E-state index < -0.39 is 0 Å². The van der Waals surface area contributed by atoms with Crippen LogP contribution in [-0.2, 0) is 0 Å². The van der Waals surface area contributed by atoms with Crippen LogP contribution in [0.25, 0.3) is 10.2 Å². The Morgan fingerprint density at radius 3 is 2.81 bits per heavy atom. The van der Waals surface area contributed by atoms with Crippen molar-refractivity contribution in [2.45, 2.75) is 50.2 Å². The minimum absolute atomic E-state index is 0.215. The van der Waals surface area contributed by atoms with Gasteiger partial charge in [0.1, 0.15) is 5.82 Å². The van der Waals surface area contributed by atoms with E-state index in [1.54, 1.807) is 11.3 Å². The zero-order valence-electron chi connectivity index (χ0n) is 12.2. The first kappa shape index (κ1) is 13.5. The fourth-order valence-electron chi connectivity index (χ4n) is 3.87. The van der Waals surface area contributed by atoms with Gasteiger partial charge < -0.3 is 10.2 Å². The maximum atomic E-state index is 13.2. The molecule has 1 aromatic carbocycles. The largest absolute Gasteiger partial charge is 0.359 e. The van der Waals surface area contributed by atoms with E-state index in [0.29, 0.717) is 18.1 Å². The Labute approximate surface area is 128 Å². The summed E-state index contributed by atoms with van der Waals surface area (Å²) < 4.78 is 14.3. The number of aromatic nitrogens is 1. The van der Waals surface area contributed by atoms with Crippen molar-refractivity contribution in [2.24, 2.45) is 0 Å². The third-order valence-electron chi connectivity index (χ3n) is 5.02. The van der Waals surface area contributed by atoms with Crippen LogP contribution in [0.1, 0.15) is 32.1 Å². The van der Waals surface area contributed by atoms with Crippen LogP contribution >= 0.6 is 11.3 Å². The second-order valence-corrected chi connectivity index (χ2v) is 7.38. The van der Waals surface area contributed by atoms with E-state index in [9.17, 15) is 4.39 Å². The Morgan fingerprint density at radius 2 is 2.05 bits per heavy atom. The first-order valence-electron chi connectivity index (χ1n) is 7.73. The number of hydrogen-bond donors (Lipinski definition) is 1. The molecule has 3 heterocycles. The highest BCUT2D eigenvalue weighted by Crippen LogP contribution is 2.35. The normalized spacial score (nSPS) is 29.7. The van der Waals surface area contributed by atoms with Gasteiger partial charge in [-0.25, -0.2) is 9.37 Å². The van der Waals surface area contributed by atoms with E-state index >= 15 is 0 Å². The van der Waals surface area contributed by atoms with E-state index in [4.69, 9.17) is 0 Å². The molecular formula is C16H20FN3S. The maximum Gasteiger partial charge on any atom is 0.184 e. The van der Waals surface area contributed by atoms with Crippen LogP contribution in [0.15, 0.2) is 18.2 Å². The number of fused-ring (bicyclic) bond motifs is 3. The third kappa shape index (κ3) is 2.53. The van der Waals surface area contributed by atoms with Crippen molar-refractivity contribution >= 4 is 26.7 Å². The van der Waals surface area contributed by atoms with Gasteiger partial charge in [-0.2, -0.15) is 0 Å². The summed E-state index contributed by atoms with van der Waals surface area (Å²) in [5.74, 6) is -0.215. The molecule has 112 valence electrons. The highest BCUT2D eigenvalue weighted by molar-refractivity contribution is 7.22. The minimum Gasteiger partial charge on any atom is -0.359 e. The zero-order chi connectivity index (χ0) is 14.4. The van der Waals surface area contributed by atoms with Crippen molar-refractivity contribution in [1.82, 2.24) is 9.88 Å². The molecule has 3 nitrogen and oxygen atoms in total. The van der Waals surface area contributed by atoms with E-state index in [1.807, 2.05) is 6.07 Å². The fourth-order valence-corrected chi connectivity index (χ4v) is 4.79.